The predicted octanol–water partition coefficient (Wildman–Crippen LogP) is 19.9. The molecule has 0 unspecified atom stereocenters. The number of rotatable bonds is 31. The van der Waals surface area contributed by atoms with Crippen LogP contribution in [0.15, 0.2) is 211 Å². The highest BCUT2D eigenvalue weighted by molar-refractivity contribution is 7.98. The van der Waals surface area contributed by atoms with Crippen molar-refractivity contribution >= 4 is 199 Å². The number of carbonyl (C=O) groups is 6. The highest BCUT2D eigenvalue weighted by Crippen LogP contribution is 2.60. The molecule has 5 aromatic carbocycles. The van der Waals surface area contributed by atoms with Crippen LogP contribution in [-0.4, -0.2) is 105 Å². The summed E-state index contributed by atoms with van der Waals surface area (Å²) in [6.45, 7) is 12.1. The Labute approximate surface area is 857 Å². The zero-order chi connectivity index (χ0) is 102. The molecular weight excluding hydrogens is 2030 g/mol. The molecule has 144 heavy (non-hydrogen) atoms. The molecule has 3 aliphatic carbocycles. The lowest BCUT2D eigenvalue weighted by molar-refractivity contribution is -0.138. The zero-order valence-corrected chi connectivity index (χ0v) is 86.1. The summed E-state index contributed by atoms with van der Waals surface area (Å²) in [5.74, 6) is 1.68. The Morgan fingerprint density at radius 1 is 0.368 bits per heavy atom. The first-order valence-corrected chi connectivity index (χ1v) is 53.0. The van der Waals surface area contributed by atoms with E-state index < -0.39 is 35.6 Å². The fraction of sp³-hybridized carbons (Fsp3) is 0.308. The molecule has 0 spiro atoms. The monoisotopic (exact) mass is 2120 g/mol. The molecule has 40 heteroatoms. The highest BCUT2D eigenvalue weighted by atomic mass is 35.5. The minimum atomic E-state index is -4.53. The molecule has 1 aliphatic heterocycles. The fourth-order valence-electron chi connectivity index (χ4n) is 16.5. The van der Waals surface area contributed by atoms with Crippen molar-refractivity contribution in [2.45, 2.75) is 182 Å². The van der Waals surface area contributed by atoms with E-state index in [4.69, 9.17) is 32.7 Å². The van der Waals surface area contributed by atoms with Crippen LogP contribution in [0.2, 0.25) is 10.0 Å². The molecule has 21 rings (SSSR count). The van der Waals surface area contributed by atoms with Gasteiger partial charge in [0.05, 0.1) is 125 Å². The van der Waals surface area contributed by atoms with Gasteiger partial charge in [-0.15, -0.1) is 79.8 Å². The number of benzene rings is 5. The Morgan fingerprint density at radius 3 is 1.03 bits per heavy atom. The van der Waals surface area contributed by atoms with Crippen LogP contribution < -0.4 is 42.8 Å². The van der Waals surface area contributed by atoms with Gasteiger partial charge in [0.15, 0.2) is 46.2 Å². The lowest BCUT2D eigenvalue weighted by Gasteiger charge is -2.58. The average molecular weight is 2130 g/mol. The number of thiophene rings is 6. The molecule has 0 radical (unpaired) electrons. The Morgan fingerprint density at radius 2 is 0.694 bits per heavy atom. The molecule has 26 nitrogen and oxygen atoms in total. The van der Waals surface area contributed by atoms with E-state index in [-0.39, 0.29) is 143 Å². The number of thioether (sulfide) groups is 1. The number of aromatic nitrogens is 12. The summed E-state index contributed by atoms with van der Waals surface area (Å²) < 4.78 is 84.2. The van der Waals surface area contributed by atoms with Gasteiger partial charge in [-0.25, -0.2) is 38.7 Å². The van der Waals surface area contributed by atoms with Crippen LogP contribution in [0.5, 0.6) is 11.5 Å². The summed E-state index contributed by atoms with van der Waals surface area (Å²) in [5.41, 5.74) is 0.806. The molecule has 0 amide bonds. The smallest absolute Gasteiger partial charge is 0.416 e. The van der Waals surface area contributed by atoms with Gasteiger partial charge < -0.3 is 9.47 Å². The minimum absolute atomic E-state index is 0.00227. The number of hydrogen-bond donors (Lipinski definition) is 0. The lowest BCUT2D eigenvalue weighted by Crippen LogP contribution is -2.51. The van der Waals surface area contributed by atoms with Gasteiger partial charge >= 0.3 is 6.18 Å². The molecule has 12 aromatic heterocycles. The van der Waals surface area contributed by atoms with Crippen molar-refractivity contribution in [3.8, 4) is 11.5 Å². The van der Waals surface area contributed by atoms with Gasteiger partial charge in [0.25, 0.3) is 33.4 Å². The van der Waals surface area contributed by atoms with E-state index in [1.807, 2.05) is 94.6 Å². The highest BCUT2D eigenvalue weighted by Gasteiger charge is 2.52. The van der Waals surface area contributed by atoms with Crippen molar-refractivity contribution in [3.63, 3.8) is 0 Å². The Hall–Kier alpha value is -12.7. The molecule has 13 heterocycles. The van der Waals surface area contributed by atoms with Crippen LogP contribution in [0.4, 0.5) is 22.0 Å². The minimum Gasteiger partial charge on any atom is -0.454 e. The van der Waals surface area contributed by atoms with Gasteiger partial charge in [-0.1, -0.05) is 113 Å². The van der Waals surface area contributed by atoms with Crippen LogP contribution in [-0.2, 0) is 145 Å². The fourth-order valence-corrected chi connectivity index (χ4v) is 22.8. The van der Waals surface area contributed by atoms with Crippen LogP contribution in [0.1, 0.15) is 123 Å². The molecule has 0 saturated heterocycles. The standard InChI is InChI=1S/C18H15F3N2O2S.C18H16N2O4S.C18H18N2O2S2.2C17H14ClFN2O2S.C16H18N2O2S/c1-2-13-8-14-16(26-13)22-10-23(17(14)25)9-12(24)7-11-5-3-4-6-15(11)18(19,20)21;1-2-13-7-14-17(25-13)19-9-20(18(14)22)8-12(21)5-11-3-4-15-16(6-11)24-10-23-15;1-3-14-9-16-17(24-14)19-11-20(18(16)22)10-13(21)7-12-5-4-6-15(8-12)23-2;1-2-12-7-13-16(24-12)20-9-21(17(13)23)8-11(22)5-10-3-4-15(19)14(18)6-10;1-2-12-7-13-16(24-12)20-9-21(17(13)23)8-11(22)5-10-3-4-14(18)15(19)6-10;1-2-12-6-14-15(21-12)17-8-18(16(14)20)7-11(19)5-13-9-3-10(13)4-9/h3-6,8,10H,2,7,9H2,1H3;3-4,6-7,9H,2,5,8,10H2,1H3;4-6,8-9,11H,3,7,10H2,1-2H3;2*3-4,6-7,9H,2,5,8H2,1H3;6,8-10,13H,2-5,7H2,1H3. The first-order chi connectivity index (χ1) is 69.1. The largest absolute Gasteiger partial charge is 0.454 e. The number of alkyl halides is 3. The van der Waals surface area contributed by atoms with Gasteiger partial charge in [0.1, 0.15) is 40.6 Å². The molecule has 746 valence electrons. The topological polar surface area (TPSA) is 330 Å². The molecule has 4 aliphatic rings. The summed E-state index contributed by atoms with van der Waals surface area (Å²) >= 11 is 22.0. The van der Waals surface area contributed by atoms with Crippen molar-refractivity contribution < 1.29 is 60.2 Å². The average Bonchev–Trinajstić information content (AvgIpc) is 0.745. The van der Waals surface area contributed by atoms with Gasteiger partial charge in [-0.05, 0) is 194 Å². The molecule has 3 fully saturated rings. The van der Waals surface area contributed by atoms with E-state index in [0.717, 1.165) is 121 Å². The van der Waals surface area contributed by atoms with Gasteiger partial charge in [-0.3, -0.25) is 84.9 Å². The molecule has 0 atom stereocenters. The molecule has 3 saturated carbocycles. The van der Waals surface area contributed by atoms with Gasteiger partial charge in [-0.2, -0.15) is 13.2 Å². The number of nitrogens with zero attached hydrogens (tertiary/aromatic N) is 12. The van der Waals surface area contributed by atoms with Crippen LogP contribution in [0, 0.1) is 29.4 Å². The van der Waals surface area contributed by atoms with Crippen molar-refractivity contribution in [1.82, 2.24) is 57.3 Å². The summed E-state index contributed by atoms with van der Waals surface area (Å²) in [5, 5.41) is 3.34. The van der Waals surface area contributed by atoms with E-state index in [0.29, 0.717) is 88.2 Å². The first kappa shape index (κ1) is 106. The second-order valence-corrected chi connectivity index (χ2v) is 42.8. The maximum absolute atomic E-state index is 13.4. The third-order valence-electron chi connectivity index (χ3n) is 24.3. The number of carbonyl (C=O) groups excluding carboxylic acids is 6. The van der Waals surface area contributed by atoms with Crippen molar-refractivity contribution in [1.29, 1.82) is 0 Å². The molecule has 17 aromatic rings. The number of Topliss-reactive ketones (excluding diaryl/α,β-unsaturated/α-hetero) is 6. The summed E-state index contributed by atoms with van der Waals surface area (Å²) in [6, 6.07) is 37.8. The van der Waals surface area contributed by atoms with E-state index >= 15 is 0 Å². The maximum Gasteiger partial charge on any atom is 0.416 e. The lowest BCUT2D eigenvalue weighted by atomic mass is 9.47. The predicted molar refractivity (Wildman–Crippen MR) is 557 cm³/mol. The summed E-state index contributed by atoms with van der Waals surface area (Å²) in [6.07, 6.45) is 14.6. The number of ketones is 6. The van der Waals surface area contributed by atoms with Crippen LogP contribution in [0.25, 0.3) is 61.3 Å². The molecule has 2 bridgehead atoms. The van der Waals surface area contributed by atoms with Gasteiger partial charge in [0, 0.05) is 72.7 Å². The second-order valence-electron chi connectivity index (χ2n) is 34.4. The number of fused-ring (bicyclic) bond motifs is 7. The summed E-state index contributed by atoms with van der Waals surface area (Å²) in [7, 11) is 0. The molecular formula is C104H95Cl2F5N12O14S7. The van der Waals surface area contributed by atoms with E-state index in [1.54, 1.807) is 47.4 Å². The normalized spacial score (nSPS) is 13.8. The SMILES string of the molecule is CCc1cc2c(=O)n(CC(=O)CC3C4CC3C4)cnc2s1.CCc1cc2c(=O)n(CC(=O)Cc3ccc(Cl)c(F)c3)cnc2s1.CCc1cc2c(=O)n(CC(=O)Cc3ccc(F)c(Cl)c3)cnc2s1.CCc1cc2c(=O)n(CC(=O)Cc3ccc4c(c3)OCO4)cnc2s1.CCc1cc2c(=O)n(CC(=O)Cc3cccc(SC)c3)cnc2s1.CCc1cc2c(=O)n(CC(=O)Cc3ccccc3C(F)(F)F)cnc2s1. The van der Waals surface area contributed by atoms with Crippen molar-refractivity contribution in [3.05, 3.63) is 324 Å². The number of hydrogen-bond acceptors (Lipinski definition) is 27. The third-order valence-corrected chi connectivity index (χ3v) is 32.8. The van der Waals surface area contributed by atoms with Crippen molar-refractivity contribution in [2.75, 3.05) is 13.0 Å². The maximum atomic E-state index is 13.4. The van der Waals surface area contributed by atoms with Crippen LogP contribution in [0.3, 0.4) is 0 Å². The zero-order valence-electron chi connectivity index (χ0n) is 78.9. The van der Waals surface area contributed by atoms with Crippen LogP contribution >= 0.6 is 103 Å². The third kappa shape index (κ3) is 25.8. The number of halogens is 7. The second kappa shape index (κ2) is 47.5. The van der Waals surface area contributed by atoms with E-state index in [1.165, 1.54) is 179 Å². The van der Waals surface area contributed by atoms with Gasteiger partial charge in [0.2, 0.25) is 6.79 Å². The summed E-state index contributed by atoms with van der Waals surface area (Å²) in [4.78, 5) is 186. The number of aryl methyl sites for hydroxylation is 6. The Bertz CT molecular complexity index is 7980. The molecule has 0 N–H and O–H groups in total. The van der Waals surface area contributed by atoms with Crippen molar-refractivity contribution in [2.24, 2.45) is 17.8 Å². The first-order valence-electron chi connectivity index (χ1n) is 46.2. The van der Waals surface area contributed by atoms with E-state index in [2.05, 4.69) is 43.8 Å². The van der Waals surface area contributed by atoms with E-state index in [9.17, 15) is 79.5 Å². The Balaban J connectivity index is 0.000000130. The Kier molecular flexibility index (Phi) is 34.8. The quantitative estimate of drug-likeness (QED) is 0.0288. The number of ether oxygens (including phenoxy) is 2.